The molecule has 0 spiro atoms. The van der Waals surface area contributed by atoms with Crippen LogP contribution in [0.15, 0.2) is 60.7 Å². The minimum absolute atomic E-state index is 0.0295. The summed E-state index contributed by atoms with van der Waals surface area (Å²) in [6.07, 6.45) is 7.90. The summed E-state index contributed by atoms with van der Waals surface area (Å²) in [6, 6.07) is 12.7. The van der Waals surface area contributed by atoms with Crippen LogP contribution in [0.25, 0.3) is 22.3 Å². The summed E-state index contributed by atoms with van der Waals surface area (Å²) >= 11 is 0. The SMILES string of the molecule is CC=CC1CCC(c2ccc(-c3ccc(-c4ccc(C)c(F)c4F)cc3)c(F)c2F)CC1. The van der Waals surface area contributed by atoms with Gasteiger partial charge in [-0.25, -0.2) is 17.6 Å². The number of rotatable bonds is 4. The molecular formula is C28H26F4. The molecule has 0 bridgehead atoms. The maximum Gasteiger partial charge on any atom is 0.166 e. The Morgan fingerprint density at radius 1 is 0.656 bits per heavy atom. The molecule has 4 heteroatoms. The number of allylic oxidation sites excluding steroid dienone is 2. The third kappa shape index (κ3) is 4.23. The van der Waals surface area contributed by atoms with Gasteiger partial charge in [0.05, 0.1) is 0 Å². The van der Waals surface area contributed by atoms with E-state index < -0.39 is 23.3 Å². The van der Waals surface area contributed by atoms with Crippen LogP contribution in [0.5, 0.6) is 0 Å². The standard InChI is InChI=1S/C28H26F4/c1-3-4-18-6-8-19(9-7-18)23-15-16-24(28(32)27(23)31)21-12-10-20(11-13-21)22-14-5-17(2)25(29)26(22)30/h3-5,10-16,18-19H,6-9H2,1-2H3. The topological polar surface area (TPSA) is 0 Å². The molecule has 0 unspecified atom stereocenters. The fraction of sp³-hybridized carbons (Fsp3) is 0.286. The molecule has 0 aromatic heterocycles. The fourth-order valence-corrected chi connectivity index (χ4v) is 4.70. The van der Waals surface area contributed by atoms with Gasteiger partial charge in [-0.2, -0.15) is 0 Å². The van der Waals surface area contributed by atoms with E-state index in [0.29, 0.717) is 22.6 Å². The van der Waals surface area contributed by atoms with Gasteiger partial charge in [0, 0.05) is 11.1 Å². The lowest BCUT2D eigenvalue weighted by atomic mass is 9.78. The number of halogens is 4. The lowest BCUT2D eigenvalue weighted by Crippen LogP contribution is -2.13. The van der Waals surface area contributed by atoms with Crippen molar-refractivity contribution < 1.29 is 17.6 Å². The van der Waals surface area contributed by atoms with Gasteiger partial charge >= 0.3 is 0 Å². The Morgan fingerprint density at radius 2 is 1.19 bits per heavy atom. The van der Waals surface area contributed by atoms with E-state index in [1.165, 1.54) is 19.1 Å². The van der Waals surface area contributed by atoms with Crippen molar-refractivity contribution in [2.75, 3.05) is 0 Å². The van der Waals surface area contributed by atoms with Crippen LogP contribution in [0, 0.1) is 36.1 Å². The first-order chi connectivity index (χ1) is 15.4. The summed E-state index contributed by atoms with van der Waals surface area (Å²) in [5.74, 6) is -2.89. The first-order valence-corrected chi connectivity index (χ1v) is 11.1. The highest BCUT2D eigenvalue weighted by Gasteiger charge is 2.25. The van der Waals surface area contributed by atoms with Gasteiger partial charge in [-0.05, 0) is 73.6 Å². The molecule has 0 amide bonds. The summed E-state index contributed by atoms with van der Waals surface area (Å²) in [4.78, 5) is 0. The fourth-order valence-electron chi connectivity index (χ4n) is 4.70. The highest BCUT2D eigenvalue weighted by molar-refractivity contribution is 5.71. The molecule has 3 aromatic rings. The maximum atomic E-state index is 15.0. The van der Waals surface area contributed by atoms with Gasteiger partial charge in [0.25, 0.3) is 0 Å². The van der Waals surface area contributed by atoms with E-state index in [0.717, 1.165) is 25.7 Å². The molecule has 0 radical (unpaired) electrons. The average Bonchev–Trinajstić information content (AvgIpc) is 2.81. The van der Waals surface area contributed by atoms with Gasteiger partial charge < -0.3 is 0 Å². The van der Waals surface area contributed by atoms with Gasteiger partial charge in [-0.3, -0.25) is 0 Å². The second-order valence-corrected chi connectivity index (χ2v) is 8.60. The third-order valence-corrected chi connectivity index (χ3v) is 6.57. The summed E-state index contributed by atoms with van der Waals surface area (Å²) in [6.45, 7) is 3.50. The zero-order chi connectivity index (χ0) is 22.8. The van der Waals surface area contributed by atoms with Crippen LogP contribution >= 0.6 is 0 Å². The van der Waals surface area contributed by atoms with E-state index in [2.05, 4.69) is 12.2 Å². The highest BCUT2D eigenvalue weighted by atomic mass is 19.2. The summed E-state index contributed by atoms with van der Waals surface area (Å²) in [5.41, 5.74) is 1.93. The number of hydrogen-bond donors (Lipinski definition) is 0. The van der Waals surface area contributed by atoms with Crippen molar-refractivity contribution in [2.45, 2.75) is 45.4 Å². The third-order valence-electron chi connectivity index (χ3n) is 6.57. The first-order valence-electron chi connectivity index (χ1n) is 11.1. The monoisotopic (exact) mass is 438 g/mol. The second-order valence-electron chi connectivity index (χ2n) is 8.60. The van der Waals surface area contributed by atoms with E-state index in [4.69, 9.17) is 0 Å². The molecule has 32 heavy (non-hydrogen) atoms. The van der Waals surface area contributed by atoms with Crippen molar-refractivity contribution in [3.8, 4) is 22.3 Å². The van der Waals surface area contributed by atoms with Gasteiger partial charge in [0.1, 0.15) is 0 Å². The highest BCUT2D eigenvalue weighted by Crippen LogP contribution is 2.39. The summed E-state index contributed by atoms with van der Waals surface area (Å²) in [5, 5.41) is 0. The molecule has 1 aliphatic carbocycles. The van der Waals surface area contributed by atoms with Crippen LogP contribution < -0.4 is 0 Å². The molecule has 1 fully saturated rings. The summed E-state index contributed by atoms with van der Waals surface area (Å²) < 4.78 is 58.2. The van der Waals surface area contributed by atoms with E-state index in [9.17, 15) is 17.6 Å². The van der Waals surface area contributed by atoms with Crippen LogP contribution in [-0.4, -0.2) is 0 Å². The quantitative estimate of drug-likeness (QED) is 0.282. The van der Waals surface area contributed by atoms with Gasteiger partial charge in [0.15, 0.2) is 23.3 Å². The molecule has 0 heterocycles. The Balaban J connectivity index is 1.58. The molecular weight excluding hydrogens is 412 g/mol. The van der Waals surface area contributed by atoms with Crippen LogP contribution in [0.4, 0.5) is 17.6 Å². The van der Waals surface area contributed by atoms with Crippen molar-refractivity contribution in [3.05, 3.63) is 95.1 Å². The first kappa shape index (κ1) is 22.3. The van der Waals surface area contributed by atoms with Crippen LogP contribution in [-0.2, 0) is 0 Å². The molecule has 1 aliphatic rings. The van der Waals surface area contributed by atoms with E-state index in [1.54, 1.807) is 36.4 Å². The molecule has 0 aliphatic heterocycles. The van der Waals surface area contributed by atoms with E-state index in [-0.39, 0.29) is 22.6 Å². The molecule has 1 saturated carbocycles. The Labute approximate surface area is 186 Å². The van der Waals surface area contributed by atoms with Gasteiger partial charge in [0.2, 0.25) is 0 Å². The molecule has 0 N–H and O–H groups in total. The molecule has 0 nitrogen and oxygen atoms in total. The average molecular weight is 439 g/mol. The second kappa shape index (κ2) is 9.32. The Morgan fingerprint density at radius 3 is 1.75 bits per heavy atom. The zero-order valence-electron chi connectivity index (χ0n) is 18.3. The predicted octanol–water partition coefficient (Wildman–Crippen LogP) is 8.74. The normalized spacial score (nSPS) is 18.9. The predicted molar refractivity (Wildman–Crippen MR) is 121 cm³/mol. The molecule has 0 atom stereocenters. The van der Waals surface area contributed by atoms with Crippen molar-refractivity contribution >= 4 is 0 Å². The van der Waals surface area contributed by atoms with Crippen LogP contribution in [0.3, 0.4) is 0 Å². The van der Waals surface area contributed by atoms with Crippen LogP contribution in [0.2, 0.25) is 0 Å². The zero-order valence-corrected chi connectivity index (χ0v) is 18.3. The number of aryl methyl sites for hydroxylation is 1. The maximum absolute atomic E-state index is 15.0. The Hall–Kier alpha value is -2.88. The van der Waals surface area contributed by atoms with E-state index in [1.807, 2.05) is 6.92 Å². The van der Waals surface area contributed by atoms with E-state index >= 15 is 0 Å². The number of hydrogen-bond acceptors (Lipinski definition) is 0. The van der Waals surface area contributed by atoms with Crippen molar-refractivity contribution in [1.82, 2.24) is 0 Å². The lowest BCUT2D eigenvalue weighted by molar-refractivity contribution is 0.364. The molecule has 0 saturated heterocycles. The molecule has 3 aromatic carbocycles. The smallest absolute Gasteiger partial charge is 0.166 e. The summed E-state index contributed by atoms with van der Waals surface area (Å²) in [7, 11) is 0. The Bertz CT molecular complexity index is 1140. The Kier molecular flexibility index (Phi) is 6.50. The molecule has 4 rings (SSSR count). The minimum atomic E-state index is -0.913. The van der Waals surface area contributed by atoms with Crippen molar-refractivity contribution in [3.63, 3.8) is 0 Å². The lowest BCUT2D eigenvalue weighted by Gasteiger charge is -2.27. The minimum Gasteiger partial charge on any atom is -0.203 e. The number of benzene rings is 3. The van der Waals surface area contributed by atoms with Crippen molar-refractivity contribution in [2.24, 2.45) is 5.92 Å². The van der Waals surface area contributed by atoms with Crippen LogP contribution in [0.1, 0.15) is 49.7 Å². The van der Waals surface area contributed by atoms with Gasteiger partial charge in [-0.15, -0.1) is 0 Å². The van der Waals surface area contributed by atoms with Gasteiger partial charge in [-0.1, -0.05) is 60.7 Å². The van der Waals surface area contributed by atoms with Crippen molar-refractivity contribution in [1.29, 1.82) is 0 Å². The largest absolute Gasteiger partial charge is 0.203 e. The molecule has 166 valence electrons.